The van der Waals surface area contributed by atoms with Crippen LogP contribution in [0.15, 0.2) is 18.2 Å². The van der Waals surface area contributed by atoms with Crippen LogP contribution in [0.25, 0.3) is 0 Å². The summed E-state index contributed by atoms with van der Waals surface area (Å²) in [6.07, 6.45) is 5.73. The molecular weight excluding hydrogens is 248 g/mol. The fourth-order valence-corrected chi connectivity index (χ4v) is 3.51. The Hall–Kier alpha value is -1.35. The van der Waals surface area contributed by atoms with E-state index in [-0.39, 0.29) is 11.9 Å². The number of amides is 1. The Kier molecular flexibility index (Phi) is 3.79. The predicted octanol–water partition coefficient (Wildman–Crippen LogP) is 2.37. The summed E-state index contributed by atoms with van der Waals surface area (Å²) in [5.74, 6) is 0.632. The van der Waals surface area contributed by atoms with Crippen molar-refractivity contribution in [3.05, 3.63) is 34.9 Å². The van der Waals surface area contributed by atoms with E-state index in [0.29, 0.717) is 5.92 Å². The van der Waals surface area contributed by atoms with E-state index in [2.05, 4.69) is 12.1 Å². The average molecular weight is 272 g/mol. The molecule has 1 heterocycles. The van der Waals surface area contributed by atoms with E-state index in [9.17, 15) is 4.79 Å². The number of fused-ring (bicyclic) bond motifs is 1. The van der Waals surface area contributed by atoms with Crippen LogP contribution in [-0.2, 0) is 12.8 Å². The zero-order valence-electron chi connectivity index (χ0n) is 12.3. The molecule has 1 aromatic carbocycles. The fourth-order valence-electron chi connectivity index (χ4n) is 3.51. The van der Waals surface area contributed by atoms with Gasteiger partial charge < -0.3 is 10.6 Å². The molecule has 0 saturated carbocycles. The third kappa shape index (κ3) is 2.59. The van der Waals surface area contributed by atoms with Crippen LogP contribution in [0.5, 0.6) is 0 Å². The number of benzene rings is 1. The first-order chi connectivity index (χ1) is 9.65. The molecule has 3 rings (SSSR count). The number of likely N-dealkylation sites (tertiary alicyclic amines) is 1. The molecule has 108 valence electrons. The number of rotatable bonds is 2. The Labute approximate surface area is 121 Å². The average Bonchev–Trinajstić information content (AvgIpc) is 2.94. The van der Waals surface area contributed by atoms with Gasteiger partial charge in [-0.2, -0.15) is 0 Å². The standard InChI is InChI=1S/C17H24N2O/c1-12(18)16-6-3-9-19(11-16)17(20)15-8-7-13-4-2-5-14(13)10-15/h7-8,10,12,16H,2-6,9,11,18H2,1H3. The molecule has 1 saturated heterocycles. The van der Waals surface area contributed by atoms with Gasteiger partial charge in [-0.15, -0.1) is 0 Å². The Balaban J connectivity index is 1.75. The summed E-state index contributed by atoms with van der Waals surface area (Å²) in [7, 11) is 0. The maximum absolute atomic E-state index is 12.7. The van der Waals surface area contributed by atoms with Crippen LogP contribution in [-0.4, -0.2) is 29.9 Å². The van der Waals surface area contributed by atoms with Crippen molar-refractivity contribution in [2.24, 2.45) is 11.7 Å². The summed E-state index contributed by atoms with van der Waals surface area (Å²) in [6, 6.07) is 6.43. The number of hydrogen-bond acceptors (Lipinski definition) is 2. The van der Waals surface area contributed by atoms with E-state index in [1.165, 1.54) is 24.0 Å². The highest BCUT2D eigenvalue weighted by atomic mass is 16.2. The van der Waals surface area contributed by atoms with Crippen molar-refractivity contribution < 1.29 is 4.79 Å². The third-order valence-corrected chi connectivity index (χ3v) is 4.83. The largest absolute Gasteiger partial charge is 0.338 e. The zero-order chi connectivity index (χ0) is 14.1. The summed E-state index contributed by atoms with van der Waals surface area (Å²) in [6.45, 7) is 3.74. The SMILES string of the molecule is CC(N)C1CCCN(C(=O)c2ccc3c(c2)CCC3)C1. The minimum absolute atomic E-state index is 0.172. The molecule has 2 aliphatic rings. The number of nitrogens with zero attached hydrogens (tertiary/aromatic N) is 1. The Morgan fingerprint density at radius 3 is 2.90 bits per heavy atom. The van der Waals surface area contributed by atoms with Crippen molar-refractivity contribution >= 4 is 5.91 Å². The number of nitrogens with two attached hydrogens (primary N) is 1. The van der Waals surface area contributed by atoms with Crippen molar-refractivity contribution in [1.29, 1.82) is 0 Å². The molecule has 1 fully saturated rings. The van der Waals surface area contributed by atoms with Crippen LogP contribution < -0.4 is 5.73 Å². The van der Waals surface area contributed by atoms with Crippen molar-refractivity contribution in [3.63, 3.8) is 0 Å². The molecule has 1 aliphatic heterocycles. The number of hydrogen-bond donors (Lipinski definition) is 1. The molecule has 0 bridgehead atoms. The van der Waals surface area contributed by atoms with Gasteiger partial charge in [0, 0.05) is 24.7 Å². The highest BCUT2D eigenvalue weighted by molar-refractivity contribution is 5.94. The van der Waals surface area contributed by atoms with Gasteiger partial charge in [-0.05, 0) is 68.2 Å². The molecule has 1 aromatic rings. The fraction of sp³-hybridized carbons (Fsp3) is 0.588. The van der Waals surface area contributed by atoms with Crippen LogP contribution in [0.3, 0.4) is 0 Å². The highest BCUT2D eigenvalue weighted by Gasteiger charge is 2.27. The first-order valence-electron chi connectivity index (χ1n) is 7.82. The quantitative estimate of drug-likeness (QED) is 0.898. The van der Waals surface area contributed by atoms with Gasteiger partial charge in [0.2, 0.25) is 0 Å². The molecule has 0 aromatic heterocycles. The van der Waals surface area contributed by atoms with Gasteiger partial charge in [0.1, 0.15) is 0 Å². The van der Waals surface area contributed by atoms with E-state index >= 15 is 0 Å². The number of aryl methyl sites for hydroxylation is 2. The summed E-state index contributed by atoms with van der Waals surface area (Å²) >= 11 is 0. The monoisotopic (exact) mass is 272 g/mol. The molecule has 0 spiro atoms. The summed E-state index contributed by atoms with van der Waals surface area (Å²) < 4.78 is 0. The molecule has 3 nitrogen and oxygen atoms in total. The Morgan fingerprint density at radius 2 is 2.10 bits per heavy atom. The normalized spacial score (nSPS) is 23.5. The second-order valence-electron chi connectivity index (χ2n) is 6.35. The van der Waals surface area contributed by atoms with E-state index in [1.54, 1.807) is 0 Å². The van der Waals surface area contributed by atoms with Crippen LogP contribution >= 0.6 is 0 Å². The minimum Gasteiger partial charge on any atom is -0.338 e. The van der Waals surface area contributed by atoms with Crippen molar-refractivity contribution in [3.8, 4) is 0 Å². The topological polar surface area (TPSA) is 46.3 Å². The van der Waals surface area contributed by atoms with Crippen molar-refractivity contribution in [2.45, 2.75) is 45.1 Å². The molecule has 2 atom stereocenters. The molecule has 1 aliphatic carbocycles. The number of carbonyl (C=O) groups is 1. The van der Waals surface area contributed by atoms with Crippen molar-refractivity contribution in [2.75, 3.05) is 13.1 Å². The Bertz CT molecular complexity index is 510. The smallest absolute Gasteiger partial charge is 0.253 e. The second-order valence-corrected chi connectivity index (χ2v) is 6.35. The van der Waals surface area contributed by atoms with Gasteiger partial charge in [0.15, 0.2) is 0 Å². The lowest BCUT2D eigenvalue weighted by atomic mass is 9.91. The van der Waals surface area contributed by atoms with Gasteiger partial charge >= 0.3 is 0 Å². The lowest BCUT2D eigenvalue weighted by Gasteiger charge is -2.34. The summed E-state index contributed by atoms with van der Waals surface area (Å²) in [5, 5.41) is 0. The van der Waals surface area contributed by atoms with E-state index in [0.717, 1.165) is 37.9 Å². The van der Waals surface area contributed by atoms with Gasteiger partial charge in [-0.3, -0.25) is 4.79 Å². The molecule has 2 N–H and O–H groups in total. The van der Waals surface area contributed by atoms with E-state index in [4.69, 9.17) is 5.73 Å². The molecule has 1 amide bonds. The lowest BCUT2D eigenvalue weighted by molar-refractivity contribution is 0.0661. The van der Waals surface area contributed by atoms with E-state index in [1.807, 2.05) is 17.9 Å². The van der Waals surface area contributed by atoms with Gasteiger partial charge in [0.05, 0.1) is 0 Å². The first-order valence-corrected chi connectivity index (χ1v) is 7.82. The van der Waals surface area contributed by atoms with Gasteiger partial charge in [-0.1, -0.05) is 6.07 Å². The van der Waals surface area contributed by atoms with Crippen molar-refractivity contribution in [1.82, 2.24) is 4.90 Å². The molecular formula is C17H24N2O. The second kappa shape index (κ2) is 5.57. The van der Waals surface area contributed by atoms with E-state index < -0.39 is 0 Å². The maximum atomic E-state index is 12.7. The molecule has 0 radical (unpaired) electrons. The minimum atomic E-state index is 0.172. The predicted molar refractivity (Wildman–Crippen MR) is 80.7 cm³/mol. The zero-order valence-corrected chi connectivity index (χ0v) is 12.3. The maximum Gasteiger partial charge on any atom is 0.253 e. The molecule has 2 unspecified atom stereocenters. The molecule has 20 heavy (non-hydrogen) atoms. The highest BCUT2D eigenvalue weighted by Crippen LogP contribution is 2.25. The molecule has 3 heteroatoms. The van der Waals surface area contributed by atoms with Crippen LogP contribution in [0.1, 0.15) is 47.7 Å². The van der Waals surface area contributed by atoms with Gasteiger partial charge in [-0.25, -0.2) is 0 Å². The third-order valence-electron chi connectivity index (χ3n) is 4.83. The summed E-state index contributed by atoms with van der Waals surface area (Å²) in [5.41, 5.74) is 9.66. The first kappa shape index (κ1) is 13.6. The Morgan fingerprint density at radius 1 is 1.30 bits per heavy atom. The number of piperidine rings is 1. The van der Waals surface area contributed by atoms with Crippen LogP contribution in [0.4, 0.5) is 0 Å². The summed E-state index contributed by atoms with van der Waals surface area (Å²) in [4.78, 5) is 14.6. The van der Waals surface area contributed by atoms with Gasteiger partial charge in [0.25, 0.3) is 5.91 Å². The number of carbonyl (C=O) groups excluding carboxylic acids is 1. The van der Waals surface area contributed by atoms with Crippen LogP contribution in [0, 0.1) is 5.92 Å². The van der Waals surface area contributed by atoms with Crippen LogP contribution in [0.2, 0.25) is 0 Å². The lowest BCUT2D eigenvalue weighted by Crippen LogP contribution is -2.45.